The van der Waals surface area contributed by atoms with E-state index in [1.165, 1.54) is 32.1 Å². The lowest BCUT2D eigenvalue weighted by molar-refractivity contribution is 0.0220. The molecule has 0 aliphatic carbocycles. The van der Waals surface area contributed by atoms with Crippen LogP contribution in [-0.4, -0.2) is 41.8 Å². The summed E-state index contributed by atoms with van der Waals surface area (Å²) >= 11 is 0. The van der Waals surface area contributed by atoms with E-state index in [0.717, 1.165) is 32.4 Å². The number of hydrogen-bond donors (Lipinski definition) is 1. The lowest BCUT2D eigenvalue weighted by atomic mass is 10.1. The van der Waals surface area contributed by atoms with Crippen molar-refractivity contribution >= 4 is 6.09 Å². The van der Waals surface area contributed by atoms with Crippen molar-refractivity contribution in [2.75, 3.05) is 13.1 Å². The molecule has 0 radical (unpaired) electrons. The molecule has 2 unspecified atom stereocenters. The molecule has 0 aromatic carbocycles. The van der Waals surface area contributed by atoms with Gasteiger partial charge in [-0.2, -0.15) is 0 Å². The van der Waals surface area contributed by atoms with E-state index in [1.54, 1.807) is 0 Å². The fourth-order valence-electron chi connectivity index (χ4n) is 3.17. The maximum atomic E-state index is 12.3. The van der Waals surface area contributed by atoms with Gasteiger partial charge in [0.25, 0.3) is 0 Å². The lowest BCUT2D eigenvalue weighted by Crippen LogP contribution is -2.41. The summed E-state index contributed by atoms with van der Waals surface area (Å²) in [5, 5.41) is 3.62. The molecular weight excluding hydrogens is 288 g/mol. The highest BCUT2D eigenvalue weighted by Gasteiger charge is 2.31. The largest absolute Gasteiger partial charge is 0.444 e. The Labute approximate surface area is 143 Å². The average molecular weight is 327 g/mol. The molecule has 1 aliphatic heterocycles. The Kier molecular flexibility index (Phi) is 8.96. The number of nitrogens with zero attached hydrogens (tertiary/aromatic N) is 1. The molecule has 0 aromatic rings. The van der Waals surface area contributed by atoms with Crippen molar-refractivity contribution in [1.29, 1.82) is 0 Å². The SMILES string of the molecule is CCCCCCC(C)NCCC1CCCN1C(=O)OC(C)(C)C. The van der Waals surface area contributed by atoms with Gasteiger partial charge in [0.2, 0.25) is 0 Å². The monoisotopic (exact) mass is 326 g/mol. The van der Waals surface area contributed by atoms with Gasteiger partial charge in [-0.25, -0.2) is 4.79 Å². The molecule has 0 spiro atoms. The summed E-state index contributed by atoms with van der Waals surface area (Å²) in [6.07, 6.45) is 9.63. The molecule has 23 heavy (non-hydrogen) atoms. The van der Waals surface area contributed by atoms with Gasteiger partial charge in [0.1, 0.15) is 5.60 Å². The number of hydrogen-bond acceptors (Lipinski definition) is 3. The van der Waals surface area contributed by atoms with Gasteiger partial charge in [-0.05, 0) is 59.9 Å². The molecule has 2 atom stereocenters. The topological polar surface area (TPSA) is 41.6 Å². The van der Waals surface area contributed by atoms with E-state index in [1.807, 2.05) is 25.7 Å². The zero-order chi connectivity index (χ0) is 17.3. The summed E-state index contributed by atoms with van der Waals surface area (Å²) in [6, 6.07) is 0.910. The van der Waals surface area contributed by atoms with Crippen molar-refractivity contribution in [2.45, 2.75) is 104 Å². The molecule has 1 N–H and O–H groups in total. The second-order valence-corrected chi connectivity index (χ2v) is 7.96. The second-order valence-electron chi connectivity index (χ2n) is 7.96. The van der Waals surface area contributed by atoms with Crippen LogP contribution in [0.2, 0.25) is 0 Å². The Hall–Kier alpha value is -0.770. The minimum Gasteiger partial charge on any atom is -0.444 e. The van der Waals surface area contributed by atoms with Gasteiger partial charge in [-0.15, -0.1) is 0 Å². The highest BCUT2D eigenvalue weighted by Crippen LogP contribution is 2.22. The number of likely N-dealkylation sites (tertiary alicyclic amines) is 1. The zero-order valence-electron chi connectivity index (χ0n) is 16.0. The molecule has 1 fully saturated rings. The Balaban J connectivity index is 2.24. The van der Waals surface area contributed by atoms with Crippen molar-refractivity contribution in [3.05, 3.63) is 0 Å². The summed E-state index contributed by atoms with van der Waals surface area (Å²) in [4.78, 5) is 14.2. The van der Waals surface area contributed by atoms with Crippen LogP contribution >= 0.6 is 0 Å². The van der Waals surface area contributed by atoms with Crippen molar-refractivity contribution < 1.29 is 9.53 Å². The quantitative estimate of drug-likeness (QED) is 0.623. The summed E-state index contributed by atoms with van der Waals surface area (Å²) in [7, 11) is 0. The summed E-state index contributed by atoms with van der Waals surface area (Å²) in [6.45, 7) is 12.1. The van der Waals surface area contributed by atoms with Crippen LogP contribution in [0.25, 0.3) is 0 Å². The summed E-state index contributed by atoms with van der Waals surface area (Å²) in [5.41, 5.74) is -0.407. The molecule has 0 saturated carbocycles. The van der Waals surface area contributed by atoms with E-state index >= 15 is 0 Å². The molecule has 1 aliphatic rings. The number of amides is 1. The molecule has 0 aromatic heterocycles. The van der Waals surface area contributed by atoms with Gasteiger partial charge in [0.15, 0.2) is 0 Å². The average Bonchev–Trinajstić information content (AvgIpc) is 2.90. The minimum atomic E-state index is -0.407. The van der Waals surface area contributed by atoms with Crippen LogP contribution in [-0.2, 0) is 4.74 Å². The molecule has 4 nitrogen and oxygen atoms in total. The third kappa shape index (κ3) is 8.59. The van der Waals surface area contributed by atoms with Gasteiger partial charge < -0.3 is 15.0 Å². The summed E-state index contributed by atoms with van der Waals surface area (Å²) in [5.74, 6) is 0. The van der Waals surface area contributed by atoms with E-state index in [9.17, 15) is 4.79 Å². The molecule has 1 heterocycles. The maximum Gasteiger partial charge on any atom is 0.410 e. The molecule has 4 heteroatoms. The second kappa shape index (κ2) is 10.2. The number of carbonyl (C=O) groups excluding carboxylic acids is 1. The molecule has 136 valence electrons. The molecule has 1 rings (SSSR count). The number of rotatable bonds is 9. The van der Waals surface area contributed by atoms with Crippen LogP contribution in [0.15, 0.2) is 0 Å². The van der Waals surface area contributed by atoms with Gasteiger partial charge in [0.05, 0.1) is 0 Å². The fraction of sp³-hybridized carbons (Fsp3) is 0.947. The molecule has 1 saturated heterocycles. The van der Waals surface area contributed by atoms with E-state index in [0.29, 0.717) is 12.1 Å². The first-order valence-electron chi connectivity index (χ1n) is 9.56. The standard InChI is InChI=1S/C19H38N2O2/c1-6-7-8-9-11-16(2)20-14-13-17-12-10-15-21(17)18(22)23-19(3,4)5/h16-17,20H,6-15H2,1-5H3. The Bertz CT molecular complexity index is 339. The molecule has 1 amide bonds. The van der Waals surface area contributed by atoms with E-state index in [2.05, 4.69) is 19.2 Å². The highest BCUT2D eigenvalue weighted by atomic mass is 16.6. The first-order chi connectivity index (χ1) is 10.8. The van der Waals surface area contributed by atoms with Crippen molar-refractivity contribution in [1.82, 2.24) is 10.2 Å². The summed E-state index contributed by atoms with van der Waals surface area (Å²) < 4.78 is 5.52. The van der Waals surface area contributed by atoms with Crippen LogP contribution in [0.3, 0.4) is 0 Å². The minimum absolute atomic E-state index is 0.146. The van der Waals surface area contributed by atoms with Gasteiger partial charge in [0, 0.05) is 18.6 Å². The zero-order valence-corrected chi connectivity index (χ0v) is 16.0. The van der Waals surface area contributed by atoms with E-state index in [4.69, 9.17) is 4.74 Å². The van der Waals surface area contributed by atoms with Crippen LogP contribution in [0.1, 0.15) is 86.0 Å². The Morgan fingerprint density at radius 1 is 1.30 bits per heavy atom. The fourth-order valence-corrected chi connectivity index (χ4v) is 3.17. The van der Waals surface area contributed by atoms with Crippen LogP contribution in [0, 0.1) is 0 Å². The lowest BCUT2D eigenvalue weighted by Gasteiger charge is -2.29. The number of nitrogens with one attached hydrogen (secondary N) is 1. The van der Waals surface area contributed by atoms with Crippen molar-refractivity contribution in [3.8, 4) is 0 Å². The molecular formula is C19H38N2O2. The van der Waals surface area contributed by atoms with Crippen molar-refractivity contribution in [2.24, 2.45) is 0 Å². The Morgan fingerprint density at radius 2 is 2.04 bits per heavy atom. The number of ether oxygens (including phenoxy) is 1. The van der Waals surface area contributed by atoms with Crippen LogP contribution in [0.5, 0.6) is 0 Å². The van der Waals surface area contributed by atoms with E-state index < -0.39 is 5.60 Å². The Morgan fingerprint density at radius 3 is 2.70 bits per heavy atom. The van der Waals surface area contributed by atoms with Crippen molar-refractivity contribution in [3.63, 3.8) is 0 Å². The normalized spacial score (nSPS) is 19.9. The van der Waals surface area contributed by atoms with Crippen LogP contribution < -0.4 is 5.32 Å². The van der Waals surface area contributed by atoms with Gasteiger partial charge >= 0.3 is 6.09 Å². The third-order valence-electron chi connectivity index (χ3n) is 4.47. The number of unbranched alkanes of at least 4 members (excludes halogenated alkanes) is 3. The first kappa shape index (κ1) is 20.3. The predicted molar refractivity (Wildman–Crippen MR) is 96.8 cm³/mol. The highest BCUT2D eigenvalue weighted by molar-refractivity contribution is 5.68. The smallest absolute Gasteiger partial charge is 0.410 e. The van der Waals surface area contributed by atoms with Gasteiger partial charge in [-0.3, -0.25) is 0 Å². The number of carbonyl (C=O) groups is 1. The third-order valence-corrected chi connectivity index (χ3v) is 4.47. The van der Waals surface area contributed by atoms with Crippen LogP contribution in [0.4, 0.5) is 4.79 Å². The molecule has 0 bridgehead atoms. The first-order valence-corrected chi connectivity index (χ1v) is 9.56. The maximum absolute atomic E-state index is 12.3. The predicted octanol–water partition coefficient (Wildman–Crippen LogP) is 4.72. The van der Waals surface area contributed by atoms with E-state index in [-0.39, 0.29) is 6.09 Å². The van der Waals surface area contributed by atoms with Gasteiger partial charge in [-0.1, -0.05) is 32.6 Å².